The third-order valence-electron chi connectivity index (χ3n) is 8.75. The number of aliphatic imine (C=N–C) groups is 2. The molecule has 4 aliphatic heterocycles. The number of hydrazine groups is 1. The van der Waals surface area contributed by atoms with Gasteiger partial charge in [0.2, 0.25) is 0 Å². The van der Waals surface area contributed by atoms with Gasteiger partial charge in [0.05, 0.1) is 41.5 Å². The van der Waals surface area contributed by atoms with Crippen molar-refractivity contribution in [3.63, 3.8) is 0 Å². The summed E-state index contributed by atoms with van der Waals surface area (Å²) in [6, 6.07) is -0.644. The van der Waals surface area contributed by atoms with E-state index in [2.05, 4.69) is 22.6 Å². The molecule has 0 radical (unpaired) electrons. The SMILES string of the molecule is CC1C(C2=NC=CC3C(N4CCS(=O)(=O)CC4)=C(C(=O)NN4CCOC5CCC=CC54)C=NC23)=CC(F)CC1F. The Bertz CT molecular complexity index is 1330. The fourth-order valence-electron chi connectivity index (χ4n) is 6.52. The maximum Gasteiger partial charge on any atom is 0.268 e. The Morgan fingerprint density at radius 2 is 1.98 bits per heavy atom. The van der Waals surface area contributed by atoms with Crippen LogP contribution in [0.15, 0.2) is 57.3 Å². The van der Waals surface area contributed by atoms with Gasteiger partial charge in [-0.05, 0) is 24.5 Å². The van der Waals surface area contributed by atoms with Crippen molar-refractivity contribution in [2.24, 2.45) is 21.8 Å². The lowest BCUT2D eigenvalue weighted by Gasteiger charge is -2.43. The number of halogens is 2. The maximum absolute atomic E-state index is 14.7. The van der Waals surface area contributed by atoms with E-state index in [1.807, 2.05) is 16.0 Å². The molecule has 12 heteroatoms. The number of morpholine rings is 1. The number of dihydropyridines is 1. The first-order valence-electron chi connectivity index (χ1n) is 14.0. The van der Waals surface area contributed by atoms with Gasteiger partial charge in [0.25, 0.3) is 5.91 Å². The lowest BCUT2D eigenvalue weighted by Crippen LogP contribution is -2.59. The van der Waals surface area contributed by atoms with Crippen molar-refractivity contribution >= 4 is 27.7 Å². The van der Waals surface area contributed by atoms with Crippen molar-refractivity contribution in [3.05, 3.63) is 47.3 Å². The van der Waals surface area contributed by atoms with Gasteiger partial charge >= 0.3 is 0 Å². The van der Waals surface area contributed by atoms with Gasteiger partial charge in [-0.2, -0.15) is 0 Å². The van der Waals surface area contributed by atoms with Crippen LogP contribution in [-0.2, 0) is 19.4 Å². The number of carbonyl (C=O) groups excluding carboxylic acids is 1. The maximum atomic E-state index is 14.7. The number of amides is 1. The Balaban J connectivity index is 1.33. The van der Waals surface area contributed by atoms with Crippen molar-refractivity contribution in [2.75, 3.05) is 37.7 Å². The number of nitrogens with zero attached hydrogens (tertiary/aromatic N) is 4. The van der Waals surface area contributed by atoms with Gasteiger partial charge in [-0.15, -0.1) is 0 Å². The monoisotopic (exact) mass is 575 g/mol. The number of rotatable bonds is 4. The standard InChI is InChI=1S/C28H35F2N5O4S/c1-17-20(14-18(29)15-22(17)30)26-25-19(6-7-31-26)27(34-9-12-40(37,38)13-10-34)21(16-32-25)28(36)33-35-8-11-39-24-5-3-2-4-23(24)35/h2,4,6-7,14,16-19,22-25H,3,5,8-13,15H2,1H3,(H,33,36). The van der Waals surface area contributed by atoms with Gasteiger partial charge in [0.1, 0.15) is 18.4 Å². The summed E-state index contributed by atoms with van der Waals surface area (Å²) >= 11 is 0. The van der Waals surface area contributed by atoms with Crippen molar-refractivity contribution < 1.29 is 26.7 Å². The fourth-order valence-corrected chi connectivity index (χ4v) is 7.73. The normalized spacial score (nSPS) is 37.4. The molecule has 2 aliphatic carbocycles. The Morgan fingerprint density at radius 3 is 2.77 bits per heavy atom. The molecule has 0 aromatic carbocycles. The first-order valence-corrected chi connectivity index (χ1v) is 15.9. The van der Waals surface area contributed by atoms with Crippen LogP contribution < -0.4 is 5.43 Å². The summed E-state index contributed by atoms with van der Waals surface area (Å²) in [6.07, 6.45) is 9.48. The molecule has 7 unspecified atom stereocenters. The minimum absolute atomic E-state index is 0.00803. The van der Waals surface area contributed by atoms with E-state index in [1.54, 1.807) is 13.1 Å². The number of fused-ring (bicyclic) bond motifs is 2. The minimum atomic E-state index is -3.17. The molecule has 0 bridgehead atoms. The zero-order valence-electron chi connectivity index (χ0n) is 22.5. The molecule has 1 amide bonds. The molecule has 216 valence electrons. The highest BCUT2D eigenvalue weighted by Crippen LogP contribution is 2.38. The number of hydrogen-bond donors (Lipinski definition) is 1. The number of nitrogens with one attached hydrogen (secondary N) is 1. The Labute approximate surface area is 233 Å². The largest absolute Gasteiger partial charge is 0.375 e. The topological polar surface area (TPSA) is 104 Å². The van der Waals surface area contributed by atoms with E-state index in [-0.39, 0.29) is 49.1 Å². The molecule has 0 aromatic rings. The molecular formula is C28H35F2N5O4S. The van der Waals surface area contributed by atoms with Gasteiger partial charge in [-0.25, -0.2) is 22.2 Å². The highest BCUT2D eigenvalue weighted by atomic mass is 32.2. The van der Waals surface area contributed by atoms with Crippen molar-refractivity contribution in [2.45, 2.75) is 56.7 Å². The summed E-state index contributed by atoms with van der Waals surface area (Å²) in [5, 5.41) is 1.90. The minimum Gasteiger partial charge on any atom is -0.375 e. The lowest BCUT2D eigenvalue weighted by atomic mass is 9.77. The highest BCUT2D eigenvalue weighted by Gasteiger charge is 2.43. The number of allylic oxidation sites excluding steroid dienone is 2. The number of hydrogen-bond acceptors (Lipinski definition) is 8. The number of ether oxygens (including phenoxy) is 1. The molecule has 9 nitrogen and oxygen atoms in total. The van der Waals surface area contributed by atoms with Crippen LogP contribution in [0.4, 0.5) is 8.78 Å². The zero-order valence-corrected chi connectivity index (χ0v) is 23.3. The second-order valence-electron chi connectivity index (χ2n) is 11.3. The molecule has 6 aliphatic rings. The number of alkyl halides is 2. The van der Waals surface area contributed by atoms with Crippen LogP contribution in [-0.4, -0.2) is 104 Å². The summed E-state index contributed by atoms with van der Waals surface area (Å²) in [6.45, 7) is 3.25. The molecule has 40 heavy (non-hydrogen) atoms. The average molecular weight is 576 g/mol. The smallest absolute Gasteiger partial charge is 0.268 e. The van der Waals surface area contributed by atoms with E-state index in [4.69, 9.17) is 9.73 Å². The molecule has 0 aromatic heterocycles. The van der Waals surface area contributed by atoms with Crippen molar-refractivity contribution in [1.82, 2.24) is 15.3 Å². The van der Waals surface area contributed by atoms with Gasteiger partial charge in [0.15, 0.2) is 9.84 Å². The molecule has 0 spiro atoms. The van der Waals surface area contributed by atoms with E-state index in [1.165, 1.54) is 12.3 Å². The molecule has 1 N–H and O–H groups in total. The first kappa shape index (κ1) is 27.5. The molecule has 2 fully saturated rings. The predicted octanol–water partition coefficient (Wildman–Crippen LogP) is 2.10. The molecular weight excluding hydrogens is 540 g/mol. The summed E-state index contributed by atoms with van der Waals surface area (Å²) in [5.41, 5.74) is 5.08. The molecule has 7 atom stereocenters. The molecule has 2 saturated heterocycles. The second kappa shape index (κ2) is 10.9. The predicted molar refractivity (Wildman–Crippen MR) is 148 cm³/mol. The van der Waals surface area contributed by atoms with E-state index >= 15 is 0 Å². The van der Waals surface area contributed by atoms with Crippen LogP contribution in [0.3, 0.4) is 0 Å². The molecule has 6 rings (SSSR count). The second-order valence-corrected chi connectivity index (χ2v) is 13.6. The summed E-state index contributed by atoms with van der Waals surface area (Å²) in [5.74, 6) is -1.34. The van der Waals surface area contributed by atoms with Gasteiger partial charge in [-0.1, -0.05) is 25.2 Å². The van der Waals surface area contributed by atoms with Crippen LogP contribution in [0.2, 0.25) is 0 Å². The van der Waals surface area contributed by atoms with Crippen LogP contribution in [0, 0.1) is 11.8 Å². The third kappa shape index (κ3) is 5.21. The first-order chi connectivity index (χ1) is 19.2. The van der Waals surface area contributed by atoms with Crippen LogP contribution in [0.5, 0.6) is 0 Å². The van der Waals surface area contributed by atoms with Crippen molar-refractivity contribution in [3.8, 4) is 0 Å². The number of carbonyl (C=O) groups is 1. The van der Waals surface area contributed by atoms with Crippen LogP contribution in [0.1, 0.15) is 26.2 Å². The Morgan fingerprint density at radius 1 is 1.18 bits per heavy atom. The van der Waals surface area contributed by atoms with Crippen LogP contribution >= 0.6 is 0 Å². The molecule has 4 heterocycles. The van der Waals surface area contributed by atoms with Gasteiger partial charge in [0, 0.05) is 56.0 Å². The highest BCUT2D eigenvalue weighted by molar-refractivity contribution is 7.91. The van der Waals surface area contributed by atoms with Crippen molar-refractivity contribution in [1.29, 1.82) is 0 Å². The summed E-state index contributed by atoms with van der Waals surface area (Å²) < 4.78 is 59.5. The third-order valence-corrected chi connectivity index (χ3v) is 10.4. The van der Waals surface area contributed by atoms with E-state index in [0.29, 0.717) is 35.7 Å². The fraction of sp³-hybridized carbons (Fsp3) is 0.607. The van der Waals surface area contributed by atoms with Gasteiger partial charge in [-0.3, -0.25) is 20.2 Å². The van der Waals surface area contributed by atoms with Gasteiger partial charge < -0.3 is 9.64 Å². The van der Waals surface area contributed by atoms with Crippen LogP contribution in [0.25, 0.3) is 0 Å². The van der Waals surface area contributed by atoms with E-state index < -0.39 is 40.1 Å². The van der Waals surface area contributed by atoms with E-state index in [0.717, 1.165) is 12.8 Å². The zero-order chi connectivity index (χ0) is 28.0. The van der Waals surface area contributed by atoms with E-state index in [9.17, 15) is 22.0 Å². The average Bonchev–Trinajstić information content (AvgIpc) is 2.94. The molecule has 0 saturated carbocycles. The Kier molecular flexibility index (Phi) is 7.51. The summed E-state index contributed by atoms with van der Waals surface area (Å²) in [7, 11) is -3.17. The lowest BCUT2D eigenvalue weighted by molar-refractivity contribution is -0.130. The quantitative estimate of drug-likeness (QED) is 0.515. The Hall–Kier alpha value is -2.70. The summed E-state index contributed by atoms with van der Waals surface area (Å²) in [4.78, 5) is 25.0. The number of sulfone groups is 1.